The van der Waals surface area contributed by atoms with E-state index in [4.69, 9.17) is 10.2 Å². The lowest BCUT2D eigenvalue weighted by Crippen LogP contribution is -2.47. The second-order valence-electron chi connectivity index (χ2n) is 3.42. The van der Waals surface area contributed by atoms with Gasteiger partial charge in [-0.15, -0.1) is 0 Å². The van der Waals surface area contributed by atoms with Crippen molar-refractivity contribution in [2.45, 2.75) is 19.1 Å². The summed E-state index contributed by atoms with van der Waals surface area (Å²) in [4.78, 5) is 31.7. The third-order valence-corrected chi connectivity index (χ3v) is 2.03. The van der Waals surface area contributed by atoms with E-state index in [0.717, 1.165) is 12.1 Å². The maximum absolute atomic E-state index is 11.5. The van der Waals surface area contributed by atoms with Crippen molar-refractivity contribution in [3.8, 4) is 0 Å². The summed E-state index contributed by atoms with van der Waals surface area (Å²) in [6.07, 6.45) is -1.32. The number of aliphatic hydroxyl groups excluding tert-OH is 1. The second-order valence-corrected chi connectivity index (χ2v) is 3.42. The van der Waals surface area contributed by atoms with Gasteiger partial charge in [-0.1, -0.05) is 0 Å². The highest BCUT2D eigenvalue weighted by molar-refractivity contribution is 5.94. The fourth-order valence-corrected chi connectivity index (χ4v) is 1.15. The van der Waals surface area contributed by atoms with E-state index in [2.05, 4.69) is 4.42 Å². The van der Waals surface area contributed by atoms with E-state index < -0.39 is 40.6 Å². The molecule has 0 aromatic carbocycles. The van der Waals surface area contributed by atoms with Crippen molar-refractivity contribution in [2.24, 2.45) is 0 Å². The second kappa shape index (κ2) is 5.27. The van der Waals surface area contributed by atoms with Gasteiger partial charge in [0, 0.05) is 0 Å². The van der Waals surface area contributed by atoms with Crippen molar-refractivity contribution in [1.82, 2.24) is 5.32 Å². The summed E-state index contributed by atoms with van der Waals surface area (Å²) in [6.45, 7) is 1.18. The molecule has 0 aliphatic heterocycles. The van der Waals surface area contributed by atoms with Gasteiger partial charge in [0.05, 0.1) is 12.2 Å². The van der Waals surface area contributed by atoms with Crippen molar-refractivity contribution in [2.75, 3.05) is 0 Å². The number of carboxylic acids is 1. The molecule has 0 spiro atoms. The molecule has 18 heavy (non-hydrogen) atoms. The molecule has 0 unspecified atom stereocenters. The van der Waals surface area contributed by atoms with Crippen LogP contribution in [0.3, 0.4) is 0 Å². The first-order valence-electron chi connectivity index (χ1n) is 4.79. The first-order chi connectivity index (χ1) is 8.32. The van der Waals surface area contributed by atoms with Gasteiger partial charge in [-0.05, 0) is 13.0 Å². The normalized spacial score (nSPS) is 13.7. The smallest absolute Gasteiger partial charge is 0.433 e. The standard InChI is InChI=1S/C9H10N2O7/c1-4(12)7(9(14)15)10-8(13)5-2-3-6(18-5)11(16)17/h2-4,7,12H,1H3,(H,10,13)(H,14,15)/t4-,7+/m1/s1. The Labute approximate surface area is 100 Å². The van der Waals surface area contributed by atoms with Crippen LogP contribution in [0.1, 0.15) is 17.5 Å². The van der Waals surface area contributed by atoms with Gasteiger partial charge in [-0.2, -0.15) is 0 Å². The van der Waals surface area contributed by atoms with E-state index in [9.17, 15) is 19.7 Å². The lowest BCUT2D eigenvalue weighted by molar-refractivity contribution is -0.402. The highest BCUT2D eigenvalue weighted by atomic mass is 16.6. The Morgan fingerprint density at radius 3 is 2.50 bits per heavy atom. The Bertz CT molecular complexity index is 479. The van der Waals surface area contributed by atoms with Gasteiger partial charge < -0.3 is 19.9 Å². The summed E-state index contributed by atoms with van der Waals surface area (Å²) < 4.78 is 4.58. The van der Waals surface area contributed by atoms with Crippen molar-refractivity contribution >= 4 is 17.8 Å². The van der Waals surface area contributed by atoms with Crippen LogP contribution < -0.4 is 5.32 Å². The molecule has 1 heterocycles. The van der Waals surface area contributed by atoms with Crippen LogP contribution in [0.15, 0.2) is 16.5 Å². The third-order valence-electron chi connectivity index (χ3n) is 2.03. The van der Waals surface area contributed by atoms with Gasteiger partial charge in [-0.25, -0.2) is 4.79 Å². The highest BCUT2D eigenvalue weighted by Gasteiger charge is 2.27. The Hall–Kier alpha value is -2.42. The van der Waals surface area contributed by atoms with Gasteiger partial charge in [0.15, 0.2) is 11.8 Å². The molecule has 0 aliphatic carbocycles. The average Bonchev–Trinajstić information content (AvgIpc) is 2.73. The fraction of sp³-hybridized carbons (Fsp3) is 0.333. The zero-order chi connectivity index (χ0) is 13.9. The first-order valence-corrected chi connectivity index (χ1v) is 4.79. The number of hydrogen-bond acceptors (Lipinski definition) is 6. The van der Waals surface area contributed by atoms with Crippen LogP contribution in [0.25, 0.3) is 0 Å². The lowest BCUT2D eigenvalue weighted by Gasteiger charge is -2.15. The number of aliphatic hydroxyl groups is 1. The molecular formula is C9H10N2O7. The molecule has 1 amide bonds. The predicted molar refractivity (Wildman–Crippen MR) is 55.9 cm³/mol. The molecule has 1 aromatic rings. The van der Waals surface area contributed by atoms with E-state index >= 15 is 0 Å². The van der Waals surface area contributed by atoms with Gasteiger partial charge in [-0.3, -0.25) is 14.9 Å². The van der Waals surface area contributed by atoms with Crippen LogP contribution in [-0.4, -0.2) is 39.2 Å². The first kappa shape index (κ1) is 13.6. The van der Waals surface area contributed by atoms with E-state index in [1.165, 1.54) is 6.92 Å². The third kappa shape index (κ3) is 3.04. The summed E-state index contributed by atoms with van der Waals surface area (Å²) in [6, 6.07) is 0.475. The molecule has 0 saturated carbocycles. The molecule has 0 aliphatic rings. The summed E-state index contributed by atoms with van der Waals surface area (Å²) in [7, 11) is 0. The number of amides is 1. The molecule has 0 radical (unpaired) electrons. The topological polar surface area (TPSA) is 143 Å². The maximum Gasteiger partial charge on any atom is 0.433 e. The molecular weight excluding hydrogens is 248 g/mol. The monoisotopic (exact) mass is 258 g/mol. The number of aliphatic carboxylic acids is 1. The van der Waals surface area contributed by atoms with Crippen LogP contribution in [-0.2, 0) is 4.79 Å². The molecule has 0 fully saturated rings. The van der Waals surface area contributed by atoms with Gasteiger partial charge in [0.1, 0.15) is 4.92 Å². The van der Waals surface area contributed by atoms with Gasteiger partial charge in [0.2, 0.25) is 0 Å². The van der Waals surface area contributed by atoms with Crippen molar-refractivity contribution in [3.63, 3.8) is 0 Å². The SMILES string of the molecule is C[C@@H](O)[C@H](NC(=O)c1ccc([N+](=O)[O-])o1)C(=O)O. The number of carbonyl (C=O) groups is 2. The number of nitrogens with zero attached hydrogens (tertiary/aromatic N) is 1. The van der Waals surface area contributed by atoms with Crippen LogP contribution in [0.4, 0.5) is 5.88 Å². The van der Waals surface area contributed by atoms with Crippen molar-refractivity contribution < 1.29 is 29.1 Å². The molecule has 9 nitrogen and oxygen atoms in total. The summed E-state index contributed by atoms with van der Waals surface area (Å²) in [5.74, 6) is -3.44. The average molecular weight is 258 g/mol. The number of furan rings is 1. The van der Waals surface area contributed by atoms with Crippen LogP contribution >= 0.6 is 0 Å². The molecule has 9 heteroatoms. The van der Waals surface area contributed by atoms with E-state index in [0.29, 0.717) is 0 Å². The number of carboxylic acid groups (broad SMARTS) is 1. The number of nitro groups is 1. The summed E-state index contributed by atoms with van der Waals surface area (Å²) in [5, 5.41) is 30.2. The Balaban J connectivity index is 2.80. The molecule has 2 atom stereocenters. The maximum atomic E-state index is 11.5. The van der Waals surface area contributed by atoms with E-state index in [1.54, 1.807) is 0 Å². The van der Waals surface area contributed by atoms with Gasteiger partial charge in [0.25, 0.3) is 5.91 Å². The lowest BCUT2D eigenvalue weighted by atomic mass is 10.2. The quantitative estimate of drug-likeness (QED) is 0.488. The number of rotatable bonds is 5. The minimum absolute atomic E-state index is 0.409. The number of hydrogen-bond donors (Lipinski definition) is 3. The highest BCUT2D eigenvalue weighted by Crippen LogP contribution is 2.15. The molecule has 98 valence electrons. The minimum atomic E-state index is -1.53. The largest absolute Gasteiger partial charge is 0.480 e. The van der Waals surface area contributed by atoms with Crippen molar-refractivity contribution in [1.29, 1.82) is 0 Å². The van der Waals surface area contributed by atoms with Crippen LogP contribution in [0.2, 0.25) is 0 Å². The van der Waals surface area contributed by atoms with Crippen LogP contribution in [0.5, 0.6) is 0 Å². The van der Waals surface area contributed by atoms with Gasteiger partial charge >= 0.3 is 11.9 Å². The molecule has 0 saturated heterocycles. The summed E-state index contributed by atoms with van der Waals surface area (Å²) in [5.41, 5.74) is 0. The van der Waals surface area contributed by atoms with Crippen LogP contribution in [0, 0.1) is 10.1 Å². The number of carbonyl (C=O) groups excluding carboxylic acids is 1. The Morgan fingerprint density at radius 1 is 1.50 bits per heavy atom. The molecule has 1 rings (SSSR count). The van der Waals surface area contributed by atoms with E-state index in [1.807, 2.05) is 5.32 Å². The zero-order valence-corrected chi connectivity index (χ0v) is 9.19. The Kier molecular flexibility index (Phi) is 4.00. The van der Waals surface area contributed by atoms with E-state index in [-0.39, 0.29) is 0 Å². The minimum Gasteiger partial charge on any atom is -0.480 e. The van der Waals surface area contributed by atoms with Crippen molar-refractivity contribution in [3.05, 3.63) is 28.0 Å². The number of nitrogens with one attached hydrogen (secondary N) is 1. The molecule has 3 N–H and O–H groups in total. The summed E-state index contributed by atoms with van der Waals surface area (Å²) >= 11 is 0. The fourth-order valence-electron chi connectivity index (χ4n) is 1.15. The molecule has 1 aromatic heterocycles. The molecule has 0 bridgehead atoms. The Morgan fingerprint density at radius 2 is 2.11 bits per heavy atom. The predicted octanol–water partition coefficient (Wildman–Crippen LogP) is -0.248. The zero-order valence-electron chi connectivity index (χ0n) is 9.19.